The van der Waals surface area contributed by atoms with Gasteiger partial charge in [-0.3, -0.25) is 18.6 Å². The highest BCUT2D eigenvalue weighted by Crippen LogP contribution is 2.43. The van der Waals surface area contributed by atoms with Crippen LogP contribution in [0.2, 0.25) is 0 Å². The molecule has 0 aliphatic carbocycles. The summed E-state index contributed by atoms with van der Waals surface area (Å²) in [5.41, 5.74) is 5.41. The van der Waals surface area contributed by atoms with E-state index in [-0.39, 0.29) is 38.6 Å². The molecule has 10 heteroatoms. The smallest absolute Gasteiger partial charge is 0.462 e. The van der Waals surface area contributed by atoms with E-state index in [1.165, 1.54) is 186 Å². The minimum atomic E-state index is -4.41. The van der Waals surface area contributed by atoms with Gasteiger partial charge in [-0.1, -0.05) is 371 Å². The Morgan fingerprint density at radius 2 is 0.536 bits per heavy atom. The number of allylic oxidation sites excluding steroid dienone is 26. The van der Waals surface area contributed by atoms with Crippen LogP contribution in [0.3, 0.4) is 0 Å². The topological polar surface area (TPSA) is 134 Å². The maximum atomic E-state index is 12.8. The maximum absolute atomic E-state index is 12.8. The van der Waals surface area contributed by atoms with E-state index in [1.54, 1.807) is 0 Å². The van der Waals surface area contributed by atoms with Crippen molar-refractivity contribution in [2.24, 2.45) is 5.73 Å². The summed E-state index contributed by atoms with van der Waals surface area (Å²) < 4.78 is 33.3. The van der Waals surface area contributed by atoms with Crippen LogP contribution in [0.1, 0.15) is 348 Å². The van der Waals surface area contributed by atoms with Gasteiger partial charge in [-0.15, -0.1) is 0 Å². The first-order chi connectivity index (χ1) is 47.8. The van der Waals surface area contributed by atoms with Crippen molar-refractivity contribution < 1.29 is 37.6 Å². The van der Waals surface area contributed by atoms with Gasteiger partial charge in [0.05, 0.1) is 13.2 Å². The maximum Gasteiger partial charge on any atom is 0.472 e. The molecule has 0 aliphatic heterocycles. The minimum absolute atomic E-state index is 0.0474. The van der Waals surface area contributed by atoms with E-state index in [2.05, 4.69) is 172 Å². The van der Waals surface area contributed by atoms with Crippen LogP contribution in [-0.4, -0.2) is 49.3 Å². The van der Waals surface area contributed by atoms with Crippen molar-refractivity contribution in [1.29, 1.82) is 0 Å². The van der Waals surface area contributed by atoms with Crippen LogP contribution in [0.5, 0.6) is 0 Å². The summed E-state index contributed by atoms with van der Waals surface area (Å²) in [5.74, 6) is -0.829. The molecule has 0 amide bonds. The summed E-state index contributed by atoms with van der Waals surface area (Å²) >= 11 is 0. The molecule has 0 spiro atoms. The third-order valence-corrected chi connectivity index (χ3v) is 17.9. The summed E-state index contributed by atoms with van der Waals surface area (Å²) in [5, 5.41) is 0. The molecule has 0 aromatic carbocycles. The highest BCUT2D eigenvalue weighted by atomic mass is 31.2. The van der Waals surface area contributed by atoms with E-state index in [9.17, 15) is 19.0 Å². The Hall–Kier alpha value is -4.37. The second-order valence-corrected chi connectivity index (χ2v) is 27.6. The second kappa shape index (κ2) is 80.6. The Labute approximate surface area is 598 Å². The van der Waals surface area contributed by atoms with Crippen LogP contribution < -0.4 is 5.73 Å². The Morgan fingerprint density at radius 3 is 0.794 bits per heavy atom. The number of rotatable bonds is 74. The standard InChI is InChI=1S/C87H148NO8P/c1-3-5-7-9-11-13-15-17-19-21-23-25-27-29-31-33-35-37-39-41-42-44-45-47-49-51-53-55-57-59-61-63-65-67-69-71-73-75-77-79-86(89)93-83-85(84-95-97(91,92)94-82-81-88)96-87(90)80-78-76-74-72-70-68-66-64-62-60-58-56-54-52-50-48-46-43-40-38-36-34-32-30-28-26-24-22-20-18-16-14-12-10-8-6-4-2/h5-8,11-14,17-20,23-26,30,32,36,38,43,46,50,52,56,58,85H,3-4,9-10,15-16,21-22,27-29,31,33-35,37,39-42,44-45,47-49,51,53-55,57,59-84,88H2,1-2H3,(H,91,92)/b7-5-,8-6-,13-11-,14-12-,19-17-,20-18-,25-23-,26-24-,32-30-,38-36-,46-43-,52-50-,58-56-. The predicted molar refractivity (Wildman–Crippen MR) is 422 cm³/mol. The van der Waals surface area contributed by atoms with Gasteiger partial charge in [0.15, 0.2) is 6.10 Å². The number of hydrogen-bond donors (Lipinski definition) is 2. The van der Waals surface area contributed by atoms with Crippen molar-refractivity contribution in [2.75, 3.05) is 26.4 Å². The zero-order chi connectivity index (χ0) is 70.0. The molecule has 97 heavy (non-hydrogen) atoms. The van der Waals surface area contributed by atoms with E-state index in [0.717, 1.165) is 128 Å². The molecular formula is C87H148NO8P. The van der Waals surface area contributed by atoms with Crippen LogP contribution >= 0.6 is 7.82 Å². The fourth-order valence-electron chi connectivity index (χ4n) is 11.1. The minimum Gasteiger partial charge on any atom is -0.462 e. The molecule has 0 radical (unpaired) electrons. The molecule has 0 bridgehead atoms. The number of esters is 2. The molecular weight excluding hydrogens is 1220 g/mol. The molecule has 0 heterocycles. The van der Waals surface area contributed by atoms with Gasteiger partial charge >= 0.3 is 19.8 Å². The van der Waals surface area contributed by atoms with Gasteiger partial charge in [-0.25, -0.2) is 4.57 Å². The summed E-state index contributed by atoms with van der Waals surface area (Å²) in [7, 11) is -4.41. The van der Waals surface area contributed by atoms with Crippen molar-refractivity contribution >= 4 is 19.8 Å². The lowest BCUT2D eigenvalue weighted by atomic mass is 10.0. The van der Waals surface area contributed by atoms with Crippen molar-refractivity contribution in [2.45, 2.75) is 354 Å². The lowest BCUT2D eigenvalue weighted by molar-refractivity contribution is -0.161. The highest BCUT2D eigenvalue weighted by molar-refractivity contribution is 7.47. The van der Waals surface area contributed by atoms with Gasteiger partial charge in [0.25, 0.3) is 0 Å². The molecule has 0 saturated carbocycles. The molecule has 0 saturated heterocycles. The van der Waals surface area contributed by atoms with E-state index < -0.39 is 26.5 Å². The molecule has 0 fully saturated rings. The number of carbonyl (C=O) groups excluding carboxylic acids is 2. The molecule has 2 unspecified atom stereocenters. The lowest BCUT2D eigenvalue weighted by Gasteiger charge is -2.19. The van der Waals surface area contributed by atoms with Gasteiger partial charge in [0, 0.05) is 19.4 Å². The molecule has 0 aliphatic rings. The van der Waals surface area contributed by atoms with Crippen molar-refractivity contribution in [3.05, 3.63) is 158 Å². The summed E-state index contributed by atoms with van der Waals surface area (Å²) in [6, 6.07) is 0. The van der Waals surface area contributed by atoms with Crippen LogP contribution in [0.15, 0.2) is 158 Å². The zero-order valence-electron chi connectivity index (χ0n) is 62.5. The second-order valence-electron chi connectivity index (χ2n) is 26.2. The lowest BCUT2D eigenvalue weighted by Crippen LogP contribution is -2.29. The summed E-state index contributed by atoms with van der Waals surface area (Å²) in [6.45, 7) is 3.54. The number of nitrogens with two attached hydrogens (primary N) is 1. The largest absolute Gasteiger partial charge is 0.472 e. The third-order valence-electron chi connectivity index (χ3n) is 16.9. The number of ether oxygens (including phenoxy) is 2. The van der Waals surface area contributed by atoms with E-state index in [0.29, 0.717) is 6.42 Å². The van der Waals surface area contributed by atoms with Crippen molar-refractivity contribution in [3.8, 4) is 0 Å². The van der Waals surface area contributed by atoms with Gasteiger partial charge in [-0.2, -0.15) is 0 Å². The normalized spacial score (nSPS) is 13.7. The van der Waals surface area contributed by atoms with Crippen molar-refractivity contribution in [3.63, 3.8) is 0 Å². The van der Waals surface area contributed by atoms with Gasteiger partial charge in [0.2, 0.25) is 0 Å². The summed E-state index contributed by atoms with van der Waals surface area (Å²) in [4.78, 5) is 35.5. The van der Waals surface area contributed by atoms with E-state index in [4.69, 9.17) is 24.3 Å². The number of carbonyl (C=O) groups is 2. The average molecular weight is 1370 g/mol. The first-order valence-corrected chi connectivity index (χ1v) is 41.5. The molecule has 3 N–H and O–H groups in total. The Morgan fingerprint density at radius 1 is 0.309 bits per heavy atom. The Bertz CT molecular complexity index is 2160. The average Bonchev–Trinajstić information content (AvgIpc) is 2.17. The highest BCUT2D eigenvalue weighted by Gasteiger charge is 2.26. The molecule has 0 aromatic heterocycles. The molecule has 0 aromatic rings. The fraction of sp³-hybridized carbons (Fsp3) is 0.678. The number of hydrogen-bond acceptors (Lipinski definition) is 8. The molecule has 9 nitrogen and oxygen atoms in total. The first kappa shape index (κ1) is 92.6. The van der Waals surface area contributed by atoms with Gasteiger partial charge < -0.3 is 20.1 Å². The third kappa shape index (κ3) is 80.5. The number of phosphoric ester groups is 1. The van der Waals surface area contributed by atoms with Crippen LogP contribution in [0, 0.1) is 0 Å². The quantitative estimate of drug-likeness (QED) is 0.0264. The van der Waals surface area contributed by atoms with Gasteiger partial charge in [0.1, 0.15) is 6.61 Å². The van der Waals surface area contributed by atoms with Gasteiger partial charge in [-0.05, 0) is 122 Å². The first-order valence-electron chi connectivity index (χ1n) is 40.0. The SMILES string of the molecule is CC/C=C\C/C=C\C/C=C\C/C=C\C/C=C\C/C=C\C/C=C\C/C=C\C/C=C\CCCCCCCCCCCC(=O)OC(COC(=O)CCCCCCCCCCCCCCCCCCCCCCCCCCCC/C=C\C/C=C\C/C=C\C/C=C\CC)COP(=O)(O)OCCN. The zero-order valence-corrected chi connectivity index (χ0v) is 63.4. The van der Waals surface area contributed by atoms with Crippen molar-refractivity contribution in [1.82, 2.24) is 0 Å². The summed E-state index contributed by atoms with van der Waals surface area (Å²) in [6.07, 6.45) is 118. The van der Waals surface area contributed by atoms with E-state index >= 15 is 0 Å². The monoisotopic (exact) mass is 1370 g/mol. The Kier molecular flexibility index (Phi) is 77.0. The fourth-order valence-corrected chi connectivity index (χ4v) is 11.9. The number of unbranched alkanes of at least 4 members (excludes halogenated alkanes) is 35. The Balaban J connectivity index is 3.85. The molecule has 2 atom stereocenters. The van der Waals surface area contributed by atoms with E-state index in [1.807, 2.05) is 0 Å². The van der Waals surface area contributed by atoms with Crippen LogP contribution in [0.4, 0.5) is 0 Å². The van der Waals surface area contributed by atoms with Crippen LogP contribution in [-0.2, 0) is 32.7 Å². The molecule has 0 rings (SSSR count). The van der Waals surface area contributed by atoms with Crippen LogP contribution in [0.25, 0.3) is 0 Å². The number of phosphoric acid groups is 1. The predicted octanol–water partition coefficient (Wildman–Crippen LogP) is 27.1. The molecule has 554 valence electrons.